The highest BCUT2D eigenvalue weighted by atomic mass is 16.3. The van der Waals surface area contributed by atoms with Crippen molar-refractivity contribution in [1.29, 1.82) is 0 Å². The molecule has 2 heterocycles. The molecule has 1 aliphatic rings. The fraction of sp³-hybridized carbons (Fsp3) is 0.0667. The van der Waals surface area contributed by atoms with Crippen LogP contribution < -0.4 is 4.90 Å². The highest BCUT2D eigenvalue weighted by molar-refractivity contribution is 6.16. The van der Waals surface area contributed by atoms with E-state index in [2.05, 4.69) is 164 Å². The quantitative estimate of drug-likeness (QED) is 0.197. The molecule has 0 saturated carbocycles. The second-order valence-electron chi connectivity index (χ2n) is 13.3. The first-order chi connectivity index (χ1) is 23.5. The van der Waals surface area contributed by atoms with Crippen molar-refractivity contribution in [2.75, 3.05) is 4.90 Å². The molecule has 0 atom stereocenters. The van der Waals surface area contributed by atoms with E-state index in [4.69, 9.17) is 8.83 Å². The van der Waals surface area contributed by atoms with E-state index < -0.39 is 0 Å². The number of nitrogens with zero attached hydrogens (tertiary/aromatic N) is 1. The molecule has 0 aliphatic heterocycles. The Morgan fingerprint density at radius 3 is 1.88 bits per heavy atom. The SMILES string of the molecule is CC1(C)c2ccccc2-c2ccc(N(c3ccccc3)c3ccc4c(c3)oc3cc5c(cc34)oc3c(-c4ccccc4)cccc35)cc21. The van der Waals surface area contributed by atoms with E-state index in [1.54, 1.807) is 0 Å². The van der Waals surface area contributed by atoms with Crippen molar-refractivity contribution in [2.24, 2.45) is 0 Å². The van der Waals surface area contributed by atoms with Crippen LogP contribution in [0.5, 0.6) is 0 Å². The van der Waals surface area contributed by atoms with E-state index in [-0.39, 0.29) is 5.41 Å². The van der Waals surface area contributed by atoms with Gasteiger partial charge in [0, 0.05) is 55.7 Å². The maximum atomic E-state index is 6.64. The summed E-state index contributed by atoms with van der Waals surface area (Å²) in [7, 11) is 0. The van der Waals surface area contributed by atoms with Crippen LogP contribution in [0.1, 0.15) is 25.0 Å². The lowest BCUT2D eigenvalue weighted by Gasteiger charge is -2.28. The molecule has 0 fully saturated rings. The molecule has 0 spiro atoms. The van der Waals surface area contributed by atoms with Gasteiger partial charge >= 0.3 is 0 Å². The zero-order valence-corrected chi connectivity index (χ0v) is 26.7. The summed E-state index contributed by atoms with van der Waals surface area (Å²) >= 11 is 0. The Hall–Kier alpha value is -6.06. The Labute approximate surface area is 278 Å². The van der Waals surface area contributed by atoms with Crippen LogP contribution >= 0.6 is 0 Å². The highest BCUT2D eigenvalue weighted by Gasteiger charge is 2.35. The summed E-state index contributed by atoms with van der Waals surface area (Å²) < 4.78 is 13.2. The first-order valence-electron chi connectivity index (χ1n) is 16.5. The van der Waals surface area contributed by atoms with Gasteiger partial charge in [-0.3, -0.25) is 0 Å². The Morgan fingerprint density at radius 2 is 1.04 bits per heavy atom. The van der Waals surface area contributed by atoms with Crippen LogP contribution in [0, 0.1) is 0 Å². The lowest BCUT2D eigenvalue weighted by Crippen LogP contribution is -2.16. The fourth-order valence-electron chi connectivity index (χ4n) is 7.90. The van der Waals surface area contributed by atoms with Gasteiger partial charge in [-0.15, -0.1) is 0 Å². The molecular weight excluding hydrogens is 587 g/mol. The number of para-hydroxylation sites is 2. The molecular formula is C45H31NO2. The topological polar surface area (TPSA) is 29.5 Å². The molecule has 7 aromatic carbocycles. The number of benzene rings is 7. The van der Waals surface area contributed by atoms with E-state index in [0.717, 1.165) is 72.1 Å². The third-order valence-electron chi connectivity index (χ3n) is 10.3. The lowest BCUT2D eigenvalue weighted by atomic mass is 9.82. The van der Waals surface area contributed by atoms with Crippen molar-refractivity contribution in [3.63, 3.8) is 0 Å². The van der Waals surface area contributed by atoms with Crippen LogP contribution in [0.2, 0.25) is 0 Å². The lowest BCUT2D eigenvalue weighted by molar-refractivity contribution is 0.660. The first-order valence-corrected chi connectivity index (χ1v) is 16.5. The monoisotopic (exact) mass is 617 g/mol. The third-order valence-corrected chi connectivity index (χ3v) is 10.3. The minimum Gasteiger partial charge on any atom is -0.456 e. The number of anilines is 3. The van der Waals surface area contributed by atoms with E-state index in [0.29, 0.717) is 0 Å². The maximum absolute atomic E-state index is 6.64. The average Bonchev–Trinajstić information content (AvgIpc) is 3.75. The molecule has 0 radical (unpaired) electrons. The third kappa shape index (κ3) is 3.88. The van der Waals surface area contributed by atoms with E-state index in [9.17, 15) is 0 Å². The van der Waals surface area contributed by atoms with Crippen molar-refractivity contribution < 1.29 is 8.83 Å². The molecule has 0 amide bonds. The molecule has 3 heteroatoms. The average molecular weight is 618 g/mol. The number of rotatable bonds is 4. The summed E-state index contributed by atoms with van der Waals surface area (Å²) in [6.07, 6.45) is 0. The van der Waals surface area contributed by atoms with Crippen molar-refractivity contribution in [3.05, 3.63) is 163 Å². The molecule has 0 unspecified atom stereocenters. The summed E-state index contributed by atoms with van der Waals surface area (Å²) in [5.41, 5.74) is 14.2. The van der Waals surface area contributed by atoms with Crippen LogP contribution in [0.15, 0.2) is 160 Å². The number of fused-ring (bicyclic) bond motifs is 9. The standard InChI is InChI=1S/C45H31NO2/c1-45(2)39-19-10-9-16-33(39)34-22-20-30(24-40(34)45)46(29-14-7-4-8-15-29)31-21-23-35-37-26-43-38(27-42(37)47-41(35)25-31)36-18-11-17-32(44(36)48-43)28-12-5-3-6-13-28/h3-27H,1-2H3. The van der Waals surface area contributed by atoms with E-state index >= 15 is 0 Å². The largest absolute Gasteiger partial charge is 0.456 e. The van der Waals surface area contributed by atoms with Gasteiger partial charge in [-0.1, -0.05) is 111 Å². The molecule has 48 heavy (non-hydrogen) atoms. The molecule has 2 aromatic heterocycles. The van der Waals surface area contributed by atoms with Crippen LogP contribution in [0.3, 0.4) is 0 Å². The molecule has 0 bridgehead atoms. The summed E-state index contributed by atoms with van der Waals surface area (Å²) in [6.45, 7) is 4.66. The molecule has 0 saturated heterocycles. The van der Waals surface area contributed by atoms with Crippen molar-refractivity contribution in [3.8, 4) is 22.3 Å². The smallest absolute Gasteiger partial charge is 0.143 e. The van der Waals surface area contributed by atoms with E-state index in [1.165, 1.54) is 22.3 Å². The number of furan rings is 2. The van der Waals surface area contributed by atoms with Gasteiger partial charge in [-0.05, 0) is 76.3 Å². The Kier molecular flexibility index (Phi) is 5.63. The van der Waals surface area contributed by atoms with Gasteiger partial charge in [-0.2, -0.15) is 0 Å². The van der Waals surface area contributed by atoms with E-state index in [1.807, 2.05) is 6.07 Å². The van der Waals surface area contributed by atoms with Crippen LogP contribution in [0.4, 0.5) is 17.1 Å². The van der Waals surface area contributed by atoms with Gasteiger partial charge in [0.25, 0.3) is 0 Å². The van der Waals surface area contributed by atoms with Gasteiger partial charge in [0.15, 0.2) is 0 Å². The fourth-order valence-corrected chi connectivity index (χ4v) is 7.90. The van der Waals surface area contributed by atoms with Gasteiger partial charge in [0.1, 0.15) is 22.3 Å². The second-order valence-corrected chi connectivity index (χ2v) is 13.3. The normalized spacial score (nSPS) is 13.4. The zero-order chi connectivity index (χ0) is 32.0. The second kappa shape index (κ2) is 9.97. The summed E-state index contributed by atoms with van der Waals surface area (Å²) in [5, 5.41) is 4.26. The van der Waals surface area contributed by atoms with Crippen LogP contribution in [0.25, 0.3) is 66.1 Å². The van der Waals surface area contributed by atoms with Gasteiger partial charge in [-0.25, -0.2) is 0 Å². The van der Waals surface area contributed by atoms with Gasteiger partial charge < -0.3 is 13.7 Å². The summed E-state index contributed by atoms with van der Waals surface area (Å²) in [5.74, 6) is 0. The van der Waals surface area contributed by atoms with Gasteiger partial charge in [0.2, 0.25) is 0 Å². The molecule has 3 nitrogen and oxygen atoms in total. The Morgan fingerprint density at radius 1 is 0.417 bits per heavy atom. The molecule has 1 aliphatic carbocycles. The Bertz CT molecular complexity index is 2700. The molecule has 228 valence electrons. The number of hydrogen-bond donors (Lipinski definition) is 0. The minimum absolute atomic E-state index is 0.0874. The van der Waals surface area contributed by atoms with Gasteiger partial charge in [0.05, 0.1) is 0 Å². The predicted octanol–water partition coefficient (Wildman–Crippen LogP) is 12.9. The molecule has 10 rings (SSSR count). The zero-order valence-electron chi connectivity index (χ0n) is 26.7. The van der Waals surface area contributed by atoms with Crippen LogP contribution in [-0.2, 0) is 5.41 Å². The molecule has 9 aromatic rings. The predicted molar refractivity (Wildman–Crippen MR) is 199 cm³/mol. The van der Waals surface area contributed by atoms with Crippen molar-refractivity contribution in [1.82, 2.24) is 0 Å². The molecule has 0 N–H and O–H groups in total. The van der Waals surface area contributed by atoms with Crippen molar-refractivity contribution in [2.45, 2.75) is 19.3 Å². The summed E-state index contributed by atoms with van der Waals surface area (Å²) in [6, 6.07) is 53.9. The minimum atomic E-state index is -0.0874. The van der Waals surface area contributed by atoms with Crippen molar-refractivity contribution >= 4 is 60.9 Å². The maximum Gasteiger partial charge on any atom is 0.143 e. The highest BCUT2D eigenvalue weighted by Crippen LogP contribution is 2.51. The van der Waals surface area contributed by atoms with Crippen LogP contribution in [-0.4, -0.2) is 0 Å². The number of hydrogen-bond acceptors (Lipinski definition) is 3. The Balaban J connectivity index is 1.12. The first kappa shape index (κ1) is 27.1. The summed E-state index contributed by atoms with van der Waals surface area (Å²) in [4.78, 5) is 2.33.